The van der Waals surface area contributed by atoms with Gasteiger partial charge in [-0.2, -0.15) is 0 Å². The number of phenols is 2. The Balaban J connectivity index is 2.34. The first-order chi connectivity index (χ1) is 12.9. The van der Waals surface area contributed by atoms with E-state index in [-0.39, 0.29) is 51.2 Å². The van der Waals surface area contributed by atoms with Gasteiger partial charge in [0.15, 0.2) is 28.3 Å². The molecule has 0 spiro atoms. The lowest BCUT2D eigenvalue weighted by molar-refractivity contribution is 0.333. The first kappa shape index (κ1) is 18.2. The second-order valence-corrected chi connectivity index (χ2v) is 5.54. The highest BCUT2D eigenvalue weighted by Gasteiger charge is 2.21. The van der Waals surface area contributed by atoms with Gasteiger partial charge < -0.3 is 33.6 Å². The number of aromatic hydroxyl groups is 2. The summed E-state index contributed by atoms with van der Waals surface area (Å²) in [5, 5.41) is 20.3. The zero-order valence-electron chi connectivity index (χ0n) is 15.2. The van der Waals surface area contributed by atoms with E-state index in [2.05, 4.69) is 0 Å². The van der Waals surface area contributed by atoms with Crippen molar-refractivity contribution in [3.05, 3.63) is 34.5 Å². The lowest BCUT2D eigenvalue weighted by Crippen LogP contribution is -2.03. The largest absolute Gasteiger partial charge is 0.507 e. The van der Waals surface area contributed by atoms with Crippen LogP contribution in [0, 0.1) is 0 Å². The third-order valence-electron chi connectivity index (χ3n) is 4.07. The summed E-state index contributed by atoms with van der Waals surface area (Å²) in [7, 11) is 5.61. The molecular formula is C19H18O8. The normalized spacial score (nSPS) is 10.7. The number of fused-ring (bicyclic) bond motifs is 1. The zero-order chi connectivity index (χ0) is 19.7. The first-order valence-corrected chi connectivity index (χ1v) is 7.82. The van der Waals surface area contributed by atoms with Gasteiger partial charge in [-0.3, -0.25) is 4.79 Å². The maximum absolute atomic E-state index is 12.6. The lowest BCUT2D eigenvalue weighted by atomic mass is 10.1. The molecule has 2 N–H and O–H groups in total. The summed E-state index contributed by atoms with van der Waals surface area (Å²) < 4.78 is 26.6. The number of hydrogen-bond donors (Lipinski definition) is 2. The molecule has 0 aliphatic heterocycles. The van der Waals surface area contributed by atoms with Crippen molar-refractivity contribution in [2.45, 2.75) is 0 Å². The third-order valence-corrected chi connectivity index (χ3v) is 4.07. The summed E-state index contributed by atoms with van der Waals surface area (Å²) in [5.74, 6) is 0.437. The minimum atomic E-state index is -0.487. The molecule has 0 aliphatic rings. The highest BCUT2D eigenvalue weighted by atomic mass is 16.5. The Morgan fingerprint density at radius 2 is 1.41 bits per heavy atom. The van der Waals surface area contributed by atoms with Crippen LogP contribution in [-0.4, -0.2) is 38.7 Å². The molecule has 0 aliphatic carbocycles. The maximum Gasteiger partial charge on any atom is 0.205 e. The Labute approximate surface area is 154 Å². The molecular weight excluding hydrogens is 356 g/mol. The Morgan fingerprint density at radius 1 is 0.778 bits per heavy atom. The minimum absolute atomic E-state index is 0.0196. The quantitative estimate of drug-likeness (QED) is 0.702. The molecule has 0 unspecified atom stereocenters. The van der Waals surface area contributed by atoms with Crippen LogP contribution in [0.15, 0.2) is 33.5 Å². The van der Waals surface area contributed by atoms with Crippen LogP contribution in [0.1, 0.15) is 0 Å². The Kier molecular flexibility index (Phi) is 4.72. The molecule has 8 nitrogen and oxygen atoms in total. The number of methoxy groups -OCH3 is 4. The highest BCUT2D eigenvalue weighted by molar-refractivity contribution is 5.91. The van der Waals surface area contributed by atoms with Crippen LogP contribution >= 0.6 is 0 Å². The molecule has 1 heterocycles. The van der Waals surface area contributed by atoms with Crippen molar-refractivity contribution < 1.29 is 33.6 Å². The Hall–Kier alpha value is -3.55. The third kappa shape index (κ3) is 2.95. The molecule has 0 radical (unpaired) electrons. The lowest BCUT2D eigenvalue weighted by Gasteiger charge is -2.13. The van der Waals surface area contributed by atoms with Crippen molar-refractivity contribution in [1.82, 2.24) is 0 Å². The summed E-state index contributed by atoms with van der Waals surface area (Å²) >= 11 is 0. The smallest absolute Gasteiger partial charge is 0.205 e. The van der Waals surface area contributed by atoms with E-state index < -0.39 is 5.43 Å². The van der Waals surface area contributed by atoms with E-state index in [1.54, 1.807) is 6.07 Å². The Morgan fingerprint density at radius 3 is 2.00 bits per heavy atom. The predicted octanol–water partition coefficient (Wildman–Crippen LogP) is 2.91. The van der Waals surface area contributed by atoms with Gasteiger partial charge in [-0.1, -0.05) is 0 Å². The zero-order valence-corrected chi connectivity index (χ0v) is 15.2. The second-order valence-electron chi connectivity index (χ2n) is 5.54. The molecule has 8 heteroatoms. The van der Waals surface area contributed by atoms with E-state index in [9.17, 15) is 15.0 Å². The van der Waals surface area contributed by atoms with Gasteiger partial charge >= 0.3 is 0 Å². The number of rotatable bonds is 5. The summed E-state index contributed by atoms with van der Waals surface area (Å²) in [6, 6.07) is 5.40. The molecule has 0 atom stereocenters. The minimum Gasteiger partial charge on any atom is -0.507 e. The fourth-order valence-electron chi connectivity index (χ4n) is 2.84. The van der Waals surface area contributed by atoms with Crippen LogP contribution in [-0.2, 0) is 0 Å². The summed E-state index contributed by atoms with van der Waals surface area (Å²) in [6.07, 6.45) is 0. The summed E-state index contributed by atoms with van der Waals surface area (Å²) in [4.78, 5) is 12.6. The average molecular weight is 374 g/mol. The number of phenolic OH excluding ortho intramolecular Hbond substituents is 2. The van der Waals surface area contributed by atoms with Crippen LogP contribution < -0.4 is 24.4 Å². The van der Waals surface area contributed by atoms with Crippen molar-refractivity contribution in [1.29, 1.82) is 0 Å². The molecule has 0 fully saturated rings. The predicted molar refractivity (Wildman–Crippen MR) is 97.5 cm³/mol. The van der Waals surface area contributed by atoms with Gasteiger partial charge in [0.1, 0.15) is 16.9 Å². The maximum atomic E-state index is 12.6. The molecule has 0 bridgehead atoms. The van der Waals surface area contributed by atoms with E-state index in [1.807, 2.05) is 0 Å². The standard InChI is InChI=1S/C19H18O8/c1-23-14-6-9(5-12(22)17(14)25-3)13-7-10(20)16-11(21)8-15(24-2)18(26-4)19(16)27-13/h5-8,21-22H,1-4H3. The van der Waals surface area contributed by atoms with Crippen LogP contribution in [0.5, 0.6) is 34.5 Å². The highest BCUT2D eigenvalue weighted by Crippen LogP contribution is 2.43. The molecule has 142 valence electrons. The fourth-order valence-corrected chi connectivity index (χ4v) is 2.84. The van der Waals surface area contributed by atoms with Crippen LogP contribution in [0.25, 0.3) is 22.3 Å². The van der Waals surface area contributed by atoms with Crippen molar-refractivity contribution >= 4 is 11.0 Å². The van der Waals surface area contributed by atoms with Crippen LogP contribution in [0.4, 0.5) is 0 Å². The van der Waals surface area contributed by atoms with E-state index in [0.717, 1.165) is 0 Å². The SMILES string of the molecule is COc1cc(-c2cc(=O)c3c(O)cc(OC)c(OC)c3o2)cc(O)c1OC. The van der Waals surface area contributed by atoms with Crippen molar-refractivity contribution in [3.8, 4) is 45.8 Å². The van der Waals surface area contributed by atoms with Gasteiger partial charge in [0.25, 0.3) is 0 Å². The van der Waals surface area contributed by atoms with Crippen molar-refractivity contribution in [2.24, 2.45) is 0 Å². The van der Waals surface area contributed by atoms with E-state index in [1.165, 1.54) is 46.6 Å². The van der Waals surface area contributed by atoms with Gasteiger partial charge in [0.05, 0.1) is 28.4 Å². The van der Waals surface area contributed by atoms with E-state index in [4.69, 9.17) is 23.4 Å². The Bertz CT molecular complexity index is 1070. The molecule has 3 aromatic rings. The van der Waals surface area contributed by atoms with Gasteiger partial charge in [-0.25, -0.2) is 0 Å². The van der Waals surface area contributed by atoms with E-state index >= 15 is 0 Å². The summed E-state index contributed by atoms with van der Waals surface area (Å²) in [5.41, 5.74) is -0.0985. The first-order valence-electron chi connectivity index (χ1n) is 7.82. The molecule has 1 aromatic heterocycles. The van der Waals surface area contributed by atoms with Crippen molar-refractivity contribution in [3.63, 3.8) is 0 Å². The topological polar surface area (TPSA) is 108 Å². The van der Waals surface area contributed by atoms with Gasteiger partial charge in [-0.15, -0.1) is 0 Å². The van der Waals surface area contributed by atoms with Gasteiger partial charge in [-0.05, 0) is 12.1 Å². The van der Waals surface area contributed by atoms with Gasteiger partial charge in [0, 0.05) is 17.7 Å². The monoisotopic (exact) mass is 374 g/mol. The summed E-state index contributed by atoms with van der Waals surface area (Å²) in [6.45, 7) is 0. The van der Waals surface area contributed by atoms with Gasteiger partial charge in [0.2, 0.25) is 11.5 Å². The number of ether oxygens (including phenoxy) is 4. The van der Waals surface area contributed by atoms with E-state index in [0.29, 0.717) is 5.56 Å². The molecule has 3 rings (SSSR count). The molecule has 2 aromatic carbocycles. The molecule has 0 saturated carbocycles. The van der Waals surface area contributed by atoms with Crippen LogP contribution in [0.2, 0.25) is 0 Å². The number of benzene rings is 2. The number of hydrogen-bond acceptors (Lipinski definition) is 8. The molecule has 0 saturated heterocycles. The second kappa shape index (κ2) is 6.99. The van der Waals surface area contributed by atoms with Crippen molar-refractivity contribution in [2.75, 3.05) is 28.4 Å². The fraction of sp³-hybridized carbons (Fsp3) is 0.211. The molecule has 27 heavy (non-hydrogen) atoms. The average Bonchev–Trinajstić information content (AvgIpc) is 2.66. The van der Waals surface area contributed by atoms with Crippen LogP contribution in [0.3, 0.4) is 0 Å². The molecule has 0 amide bonds.